The standard InChI is InChI=1S/C18H24N6O/c1-19-17(25)15-7-8-20-18(21-15)23-10-14-11-24(22-16(14)12-23)9-13-5-3-2-4-6-13/h7-8,11,13H,2-6,9-10,12H2,1H3,(H,19,25). The number of anilines is 1. The molecule has 132 valence electrons. The molecule has 2 aromatic heterocycles. The van der Waals surface area contributed by atoms with Crippen molar-refractivity contribution in [1.82, 2.24) is 25.1 Å². The minimum Gasteiger partial charge on any atom is -0.354 e. The summed E-state index contributed by atoms with van der Waals surface area (Å²) >= 11 is 0. The maximum Gasteiger partial charge on any atom is 0.269 e. The van der Waals surface area contributed by atoms with Crippen LogP contribution in [0.3, 0.4) is 0 Å². The molecule has 3 heterocycles. The molecule has 1 fully saturated rings. The van der Waals surface area contributed by atoms with Crippen molar-refractivity contribution in [3.05, 3.63) is 35.4 Å². The second-order valence-electron chi connectivity index (χ2n) is 7.00. The zero-order chi connectivity index (χ0) is 17.2. The normalized spacial score (nSPS) is 17.6. The molecule has 4 rings (SSSR count). The molecular weight excluding hydrogens is 316 g/mol. The Morgan fingerprint density at radius 2 is 2.12 bits per heavy atom. The molecule has 0 radical (unpaired) electrons. The molecule has 7 nitrogen and oxygen atoms in total. The van der Waals surface area contributed by atoms with Crippen LogP contribution in [0.5, 0.6) is 0 Å². The van der Waals surface area contributed by atoms with Gasteiger partial charge < -0.3 is 10.2 Å². The molecule has 1 N–H and O–H groups in total. The van der Waals surface area contributed by atoms with Crippen molar-refractivity contribution in [2.45, 2.75) is 51.7 Å². The van der Waals surface area contributed by atoms with Crippen molar-refractivity contribution in [3.8, 4) is 0 Å². The first kappa shape index (κ1) is 16.1. The molecule has 0 unspecified atom stereocenters. The lowest BCUT2D eigenvalue weighted by molar-refractivity contribution is 0.0958. The average molecular weight is 340 g/mol. The van der Waals surface area contributed by atoms with E-state index in [1.807, 2.05) is 0 Å². The van der Waals surface area contributed by atoms with Gasteiger partial charge in [-0.15, -0.1) is 0 Å². The molecule has 1 aliphatic heterocycles. The highest BCUT2D eigenvalue weighted by Crippen LogP contribution is 2.28. The van der Waals surface area contributed by atoms with E-state index in [0.29, 0.717) is 18.2 Å². The van der Waals surface area contributed by atoms with Crippen LogP contribution in [-0.4, -0.2) is 32.7 Å². The van der Waals surface area contributed by atoms with Gasteiger partial charge in [0, 0.05) is 38.1 Å². The highest BCUT2D eigenvalue weighted by atomic mass is 16.1. The highest BCUT2D eigenvalue weighted by Gasteiger charge is 2.26. The monoisotopic (exact) mass is 340 g/mol. The molecule has 1 saturated carbocycles. The fraction of sp³-hybridized carbons (Fsp3) is 0.556. The lowest BCUT2D eigenvalue weighted by Crippen LogP contribution is -2.23. The molecule has 0 spiro atoms. The number of carbonyl (C=O) groups excluding carboxylic acids is 1. The maximum atomic E-state index is 11.7. The number of nitrogens with zero attached hydrogens (tertiary/aromatic N) is 5. The highest BCUT2D eigenvalue weighted by molar-refractivity contribution is 5.92. The van der Waals surface area contributed by atoms with Crippen molar-refractivity contribution in [3.63, 3.8) is 0 Å². The van der Waals surface area contributed by atoms with Crippen molar-refractivity contribution in [2.24, 2.45) is 5.92 Å². The predicted molar refractivity (Wildman–Crippen MR) is 94.1 cm³/mol. The van der Waals surface area contributed by atoms with Gasteiger partial charge in [-0.1, -0.05) is 19.3 Å². The number of fused-ring (bicyclic) bond motifs is 1. The van der Waals surface area contributed by atoms with Gasteiger partial charge in [-0.3, -0.25) is 9.48 Å². The van der Waals surface area contributed by atoms with Gasteiger partial charge in [0.15, 0.2) is 0 Å². The van der Waals surface area contributed by atoms with E-state index in [1.54, 1.807) is 19.3 Å². The van der Waals surface area contributed by atoms with Crippen LogP contribution < -0.4 is 10.2 Å². The molecule has 1 aliphatic carbocycles. The third-order valence-electron chi connectivity index (χ3n) is 5.18. The van der Waals surface area contributed by atoms with Gasteiger partial charge in [0.2, 0.25) is 5.95 Å². The second-order valence-corrected chi connectivity index (χ2v) is 7.00. The van der Waals surface area contributed by atoms with Crippen LogP contribution in [0, 0.1) is 5.92 Å². The smallest absolute Gasteiger partial charge is 0.269 e. The van der Waals surface area contributed by atoms with Crippen LogP contribution in [0.2, 0.25) is 0 Å². The molecule has 0 saturated heterocycles. The maximum absolute atomic E-state index is 11.7. The van der Waals surface area contributed by atoms with E-state index >= 15 is 0 Å². The largest absolute Gasteiger partial charge is 0.354 e. The third kappa shape index (κ3) is 3.36. The summed E-state index contributed by atoms with van der Waals surface area (Å²) in [4.78, 5) is 22.5. The second kappa shape index (κ2) is 6.82. The first-order valence-corrected chi connectivity index (χ1v) is 9.08. The van der Waals surface area contributed by atoms with Crippen LogP contribution in [0.25, 0.3) is 0 Å². The number of amides is 1. The average Bonchev–Trinajstić information content (AvgIpc) is 3.20. The summed E-state index contributed by atoms with van der Waals surface area (Å²) in [6.45, 7) is 2.48. The van der Waals surface area contributed by atoms with Crippen LogP contribution in [0.15, 0.2) is 18.5 Å². The predicted octanol–water partition coefficient (Wildman–Crippen LogP) is 2.13. The Balaban J connectivity index is 1.43. The zero-order valence-electron chi connectivity index (χ0n) is 14.6. The van der Waals surface area contributed by atoms with Gasteiger partial charge in [0.1, 0.15) is 5.69 Å². The molecule has 2 aliphatic rings. The Morgan fingerprint density at radius 1 is 1.28 bits per heavy atom. The number of aromatic nitrogens is 4. The van der Waals surface area contributed by atoms with Gasteiger partial charge in [0.05, 0.1) is 12.2 Å². The van der Waals surface area contributed by atoms with Crippen LogP contribution in [-0.2, 0) is 19.6 Å². The quantitative estimate of drug-likeness (QED) is 0.923. The Kier molecular flexibility index (Phi) is 4.38. The summed E-state index contributed by atoms with van der Waals surface area (Å²) < 4.78 is 2.12. The first-order valence-electron chi connectivity index (χ1n) is 9.08. The van der Waals surface area contributed by atoms with Gasteiger partial charge >= 0.3 is 0 Å². The van der Waals surface area contributed by atoms with Gasteiger partial charge in [-0.25, -0.2) is 9.97 Å². The van der Waals surface area contributed by atoms with Crippen LogP contribution >= 0.6 is 0 Å². The van der Waals surface area contributed by atoms with E-state index in [9.17, 15) is 4.79 Å². The SMILES string of the molecule is CNC(=O)c1ccnc(N2Cc3cn(CC4CCCCC4)nc3C2)n1. The van der Waals surface area contributed by atoms with E-state index in [4.69, 9.17) is 5.10 Å². The Hall–Kier alpha value is -2.44. The van der Waals surface area contributed by atoms with Crippen molar-refractivity contribution in [1.29, 1.82) is 0 Å². The Morgan fingerprint density at radius 3 is 2.88 bits per heavy atom. The fourth-order valence-corrected chi connectivity index (χ4v) is 3.83. The number of carbonyl (C=O) groups is 1. The molecule has 1 amide bonds. The van der Waals surface area contributed by atoms with E-state index in [0.717, 1.165) is 24.7 Å². The van der Waals surface area contributed by atoms with E-state index in [2.05, 4.69) is 31.1 Å². The summed E-state index contributed by atoms with van der Waals surface area (Å²) in [5.74, 6) is 1.16. The van der Waals surface area contributed by atoms with E-state index in [-0.39, 0.29) is 5.91 Å². The van der Waals surface area contributed by atoms with Gasteiger partial charge in [-0.2, -0.15) is 5.10 Å². The Bertz CT molecular complexity index is 741. The molecular formula is C18H24N6O. The topological polar surface area (TPSA) is 75.9 Å². The molecule has 0 bridgehead atoms. The number of rotatable bonds is 4. The molecule has 7 heteroatoms. The minimum absolute atomic E-state index is 0.196. The first-order chi connectivity index (χ1) is 12.2. The molecule has 2 aromatic rings. The lowest BCUT2D eigenvalue weighted by Gasteiger charge is -2.21. The number of hydrogen-bond donors (Lipinski definition) is 1. The van der Waals surface area contributed by atoms with Gasteiger partial charge in [-0.05, 0) is 24.8 Å². The summed E-state index contributed by atoms with van der Waals surface area (Å²) in [6, 6.07) is 1.63. The van der Waals surface area contributed by atoms with Crippen molar-refractivity contribution >= 4 is 11.9 Å². The number of nitrogens with one attached hydrogen (secondary N) is 1. The molecule has 25 heavy (non-hydrogen) atoms. The van der Waals surface area contributed by atoms with Gasteiger partial charge in [0.25, 0.3) is 5.91 Å². The van der Waals surface area contributed by atoms with Crippen LogP contribution in [0.1, 0.15) is 53.8 Å². The summed E-state index contributed by atoms with van der Waals surface area (Å²) in [5, 5.41) is 7.37. The Labute approximate surface area is 147 Å². The van der Waals surface area contributed by atoms with Crippen LogP contribution in [0.4, 0.5) is 5.95 Å². The number of hydrogen-bond acceptors (Lipinski definition) is 5. The summed E-state index contributed by atoms with van der Waals surface area (Å²) in [5.41, 5.74) is 2.73. The molecule has 0 atom stereocenters. The third-order valence-corrected chi connectivity index (χ3v) is 5.18. The minimum atomic E-state index is -0.196. The van der Waals surface area contributed by atoms with Crippen molar-refractivity contribution in [2.75, 3.05) is 11.9 Å². The molecule has 0 aromatic carbocycles. The fourth-order valence-electron chi connectivity index (χ4n) is 3.83. The van der Waals surface area contributed by atoms with E-state index < -0.39 is 0 Å². The van der Waals surface area contributed by atoms with Crippen molar-refractivity contribution < 1.29 is 4.79 Å². The summed E-state index contributed by atoms with van der Waals surface area (Å²) in [6.07, 6.45) is 10.6. The summed E-state index contributed by atoms with van der Waals surface area (Å²) in [7, 11) is 1.60. The van der Waals surface area contributed by atoms with E-state index in [1.165, 1.54) is 37.7 Å². The zero-order valence-corrected chi connectivity index (χ0v) is 14.6. The lowest BCUT2D eigenvalue weighted by atomic mass is 9.89.